The number of nitrogens with zero attached hydrogens (tertiary/aromatic N) is 1. The van der Waals surface area contributed by atoms with Crippen LogP contribution in [0.4, 0.5) is 5.69 Å². The Hall–Kier alpha value is -2.82. The van der Waals surface area contributed by atoms with Gasteiger partial charge in [0.05, 0.1) is 0 Å². The molecule has 0 radical (unpaired) electrons. The van der Waals surface area contributed by atoms with E-state index in [9.17, 15) is 4.79 Å². The number of hydrogen-bond donors (Lipinski definition) is 3. The normalized spacial score (nSPS) is 14.4. The summed E-state index contributed by atoms with van der Waals surface area (Å²) in [6, 6.07) is 18.2. The summed E-state index contributed by atoms with van der Waals surface area (Å²) in [6.45, 7) is 1.36. The molecule has 1 saturated carbocycles. The number of guanidine groups is 1. The standard InChI is InChI=1S/C21H26N4O/c1-22-21(23-14-16-7-3-2-4-8-16)24-15-17-9-5-12-19(13-17)25-20(26)18-10-6-11-18/h2-5,7-9,12-13,18H,6,10-11,14-15H2,1H3,(H,25,26)(H2,22,23,24). The Bertz CT molecular complexity index is 754. The molecule has 3 N–H and O–H groups in total. The van der Waals surface area contributed by atoms with Gasteiger partial charge in [0.15, 0.2) is 5.96 Å². The highest BCUT2D eigenvalue weighted by atomic mass is 16.1. The van der Waals surface area contributed by atoms with Gasteiger partial charge >= 0.3 is 0 Å². The fraction of sp³-hybridized carbons (Fsp3) is 0.333. The summed E-state index contributed by atoms with van der Waals surface area (Å²) in [4.78, 5) is 16.3. The number of anilines is 1. The zero-order chi connectivity index (χ0) is 18.2. The predicted octanol–water partition coefficient (Wildman–Crippen LogP) is 3.29. The summed E-state index contributed by atoms with van der Waals surface area (Å²) >= 11 is 0. The highest BCUT2D eigenvalue weighted by molar-refractivity contribution is 5.93. The first-order valence-electron chi connectivity index (χ1n) is 9.13. The molecular formula is C21H26N4O. The third kappa shape index (κ3) is 5.09. The Balaban J connectivity index is 1.49. The van der Waals surface area contributed by atoms with Crippen LogP contribution in [0, 0.1) is 5.92 Å². The molecule has 26 heavy (non-hydrogen) atoms. The van der Waals surface area contributed by atoms with Crippen LogP contribution >= 0.6 is 0 Å². The highest BCUT2D eigenvalue weighted by Crippen LogP contribution is 2.27. The molecule has 3 rings (SSSR count). The van der Waals surface area contributed by atoms with Crippen LogP contribution in [0.5, 0.6) is 0 Å². The molecule has 136 valence electrons. The number of amides is 1. The van der Waals surface area contributed by atoms with Crippen LogP contribution in [-0.4, -0.2) is 18.9 Å². The van der Waals surface area contributed by atoms with Crippen LogP contribution in [0.2, 0.25) is 0 Å². The van der Waals surface area contributed by atoms with E-state index >= 15 is 0 Å². The first-order chi connectivity index (χ1) is 12.7. The number of rotatable bonds is 6. The van der Waals surface area contributed by atoms with E-state index < -0.39 is 0 Å². The first-order valence-corrected chi connectivity index (χ1v) is 9.13. The Morgan fingerprint density at radius 3 is 2.35 bits per heavy atom. The maximum absolute atomic E-state index is 12.1. The van der Waals surface area contributed by atoms with Crippen LogP contribution < -0.4 is 16.0 Å². The molecule has 0 aromatic heterocycles. The average molecular weight is 350 g/mol. The van der Waals surface area contributed by atoms with Crippen LogP contribution in [0.1, 0.15) is 30.4 Å². The summed E-state index contributed by atoms with van der Waals surface area (Å²) in [5.74, 6) is 1.08. The number of carbonyl (C=O) groups is 1. The SMILES string of the molecule is CN=C(NCc1ccccc1)NCc1cccc(NC(=O)C2CCC2)c1. The lowest BCUT2D eigenvalue weighted by atomic mass is 9.85. The molecule has 2 aromatic carbocycles. The number of nitrogens with one attached hydrogen (secondary N) is 3. The second kappa shape index (κ2) is 9.04. The molecule has 0 spiro atoms. The minimum absolute atomic E-state index is 0.140. The van der Waals surface area contributed by atoms with Crippen LogP contribution in [0.3, 0.4) is 0 Å². The van der Waals surface area contributed by atoms with E-state index in [2.05, 4.69) is 33.1 Å². The first kappa shape index (κ1) is 18.0. The molecule has 0 saturated heterocycles. The quantitative estimate of drug-likeness (QED) is 0.553. The molecule has 5 nitrogen and oxygen atoms in total. The van der Waals surface area contributed by atoms with Gasteiger partial charge in [-0.3, -0.25) is 9.79 Å². The van der Waals surface area contributed by atoms with Crippen molar-refractivity contribution in [2.45, 2.75) is 32.4 Å². The zero-order valence-corrected chi connectivity index (χ0v) is 15.2. The van der Waals surface area contributed by atoms with Crippen molar-refractivity contribution in [2.75, 3.05) is 12.4 Å². The molecule has 0 aliphatic heterocycles. The molecule has 0 unspecified atom stereocenters. The Kier molecular flexibility index (Phi) is 6.25. The van der Waals surface area contributed by atoms with Crippen molar-refractivity contribution in [3.8, 4) is 0 Å². The van der Waals surface area contributed by atoms with E-state index in [0.717, 1.165) is 43.0 Å². The van der Waals surface area contributed by atoms with Crippen molar-refractivity contribution in [1.82, 2.24) is 10.6 Å². The maximum Gasteiger partial charge on any atom is 0.227 e. The van der Waals surface area contributed by atoms with Crippen molar-refractivity contribution in [3.05, 3.63) is 65.7 Å². The molecule has 1 aliphatic carbocycles. The van der Waals surface area contributed by atoms with Gasteiger partial charge in [0, 0.05) is 31.7 Å². The van der Waals surface area contributed by atoms with Gasteiger partial charge in [-0.25, -0.2) is 0 Å². The average Bonchev–Trinajstić information content (AvgIpc) is 2.61. The topological polar surface area (TPSA) is 65.5 Å². The largest absolute Gasteiger partial charge is 0.352 e. The van der Waals surface area contributed by atoms with Gasteiger partial charge < -0.3 is 16.0 Å². The number of carbonyl (C=O) groups excluding carboxylic acids is 1. The van der Waals surface area contributed by atoms with Gasteiger partial charge in [-0.15, -0.1) is 0 Å². The molecule has 1 fully saturated rings. The van der Waals surface area contributed by atoms with Gasteiger partial charge in [-0.1, -0.05) is 48.9 Å². The van der Waals surface area contributed by atoms with Gasteiger partial charge in [0.1, 0.15) is 0 Å². The maximum atomic E-state index is 12.1. The van der Waals surface area contributed by atoms with Crippen LogP contribution in [-0.2, 0) is 17.9 Å². The molecule has 1 amide bonds. The summed E-state index contributed by atoms with van der Waals surface area (Å²) in [7, 11) is 1.76. The van der Waals surface area contributed by atoms with Crippen molar-refractivity contribution >= 4 is 17.6 Å². The number of benzene rings is 2. The van der Waals surface area contributed by atoms with Crippen LogP contribution in [0.15, 0.2) is 59.6 Å². The molecule has 2 aromatic rings. The fourth-order valence-electron chi connectivity index (χ4n) is 2.86. The Morgan fingerprint density at radius 2 is 1.69 bits per heavy atom. The van der Waals surface area contributed by atoms with Gasteiger partial charge in [-0.05, 0) is 36.1 Å². The lowest BCUT2D eigenvalue weighted by Gasteiger charge is -2.24. The van der Waals surface area contributed by atoms with Gasteiger partial charge in [-0.2, -0.15) is 0 Å². The van der Waals surface area contributed by atoms with Gasteiger partial charge in [0.25, 0.3) is 0 Å². The van der Waals surface area contributed by atoms with Crippen LogP contribution in [0.25, 0.3) is 0 Å². The van der Waals surface area contributed by atoms with E-state index in [0.29, 0.717) is 6.54 Å². The molecule has 0 bridgehead atoms. The smallest absolute Gasteiger partial charge is 0.227 e. The molecule has 1 aliphatic rings. The van der Waals surface area contributed by atoms with E-state index in [1.165, 1.54) is 5.56 Å². The van der Waals surface area contributed by atoms with Crippen molar-refractivity contribution in [1.29, 1.82) is 0 Å². The van der Waals surface area contributed by atoms with E-state index in [1.54, 1.807) is 7.05 Å². The number of hydrogen-bond acceptors (Lipinski definition) is 2. The second-order valence-corrected chi connectivity index (χ2v) is 6.58. The third-order valence-electron chi connectivity index (χ3n) is 4.66. The highest BCUT2D eigenvalue weighted by Gasteiger charge is 2.25. The second-order valence-electron chi connectivity index (χ2n) is 6.58. The summed E-state index contributed by atoms with van der Waals surface area (Å²) in [6.07, 6.45) is 3.18. The monoisotopic (exact) mass is 350 g/mol. The minimum Gasteiger partial charge on any atom is -0.352 e. The summed E-state index contributed by atoms with van der Waals surface area (Å²) < 4.78 is 0. The van der Waals surface area contributed by atoms with E-state index in [4.69, 9.17) is 0 Å². The minimum atomic E-state index is 0.140. The predicted molar refractivity (Wildman–Crippen MR) is 106 cm³/mol. The molecule has 0 atom stereocenters. The summed E-state index contributed by atoms with van der Waals surface area (Å²) in [5, 5.41) is 9.63. The van der Waals surface area contributed by atoms with E-state index in [-0.39, 0.29) is 11.8 Å². The lowest BCUT2D eigenvalue weighted by Crippen LogP contribution is -2.36. The van der Waals surface area contributed by atoms with Crippen molar-refractivity contribution in [2.24, 2.45) is 10.9 Å². The third-order valence-corrected chi connectivity index (χ3v) is 4.66. The Morgan fingerprint density at radius 1 is 1.00 bits per heavy atom. The fourth-order valence-corrected chi connectivity index (χ4v) is 2.86. The molecule has 5 heteroatoms. The molecule has 0 heterocycles. The van der Waals surface area contributed by atoms with Crippen molar-refractivity contribution in [3.63, 3.8) is 0 Å². The van der Waals surface area contributed by atoms with E-state index in [1.807, 2.05) is 42.5 Å². The van der Waals surface area contributed by atoms with Crippen molar-refractivity contribution < 1.29 is 4.79 Å². The molecular weight excluding hydrogens is 324 g/mol. The van der Waals surface area contributed by atoms with Gasteiger partial charge in [0.2, 0.25) is 5.91 Å². The summed E-state index contributed by atoms with van der Waals surface area (Å²) in [5.41, 5.74) is 3.16. The Labute approximate surface area is 154 Å². The number of aliphatic imine (C=N–C) groups is 1. The lowest BCUT2D eigenvalue weighted by molar-refractivity contribution is -0.122. The zero-order valence-electron chi connectivity index (χ0n) is 15.2.